The molecule has 0 fully saturated rings. The van der Waals surface area contributed by atoms with E-state index < -0.39 is 11.7 Å². The number of aromatic nitrogens is 2. The van der Waals surface area contributed by atoms with Gasteiger partial charge in [0.15, 0.2) is 5.82 Å². The molecular weight excluding hydrogens is 397 g/mol. The fraction of sp³-hybridized carbons (Fsp3) is 0.333. The lowest BCUT2D eigenvalue weighted by Crippen LogP contribution is -2.22. The molecule has 0 aliphatic carbocycles. The highest BCUT2D eigenvalue weighted by molar-refractivity contribution is 5.85. The first kappa shape index (κ1) is 21.9. The Hall–Kier alpha value is -2.36. The zero-order chi connectivity index (χ0) is 19.4. The van der Waals surface area contributed by atoms with E-state index in [9.17, 15) is 13.2 Å². The second kappa shape index (κ2) is 9.22. The summed E-state index contributed by atoms with van der Waals surface area (Å²) in [6.45, 7) is 3.88. The third-order valence-electron chi connectivity index (χ3n) is 4.03. The Morgan fingerprint density at radius 2 is 1.79 bits per heavy atom. The minimum absolute atomic E-state index is 0. The average molecular weight is 417 g/mol. The predicted molar refractivity (Wildman–Crippen MR) is 98.4 cm³/mol. The van der Waals surface area contributed by atoms with Crippen LogP contribution in [0.25, 0.3) is 11.3 Å². The average Bonchev–Trinajstić information content (AvgIpc) is 3.30. The van der Waals surface area contributed by atoms with Crippen LogP contribution in [0.3, 0.4) is 0 Å². The second-order valence-electron chi connectivity index (χ2n) is 5.95. The smallest absolute Gasteiger partial charge is 0.416 e. The molecule has 6 nitrogen and oxygen atoms in total. The molecule has 0 aliphatic rings. The minimum atomic E-state index is -4.35. The van der Waals surface area contributed by atoms with Crippen LogP contribution < -0.4 is 5.73 Å². The zero-order valence-corrected chi connectivity index (χ0v) is 15.9. The Balaban J connectivity index is 0.00000280. The standard InChI is InChI=1S/C18H19F3N4O2.ClH/c1-2-25(11-16-23-17(9-22)27-24-16)10-14-7-8-15(26-14)12-3-5-13(6-4-12)18(19,20)21;/h3-8H,2,9-11,22H2,1H3;1H. The van der Waals surface area contributed by atoms with Gasteiger partial charge in [-0.3, -0.25) is 4.90 Å². The minimum Gasteiger partial charge on any atom is -0.460 e. The molecule has 0 bridgehead atoms. The van der Waals surface area contributed by atoms with Crippen molar-refractivity contribution in [3.05, 3.63) is 59.4 Å². The largest absolute Gasteiger partial charge is 0.460 e. The number of alkyl halides is 3. The van der Waals surface area contributed by atoms with Gasteiger partial charge in [0.2, 0.25) is 5.89 Å². The number of hydrogen-bond acceptors (Lipinski definition) is 6. The van der Waals surface area contributed by atoms with Gasteiger partial charge in [0, 0.05) is 5.56 Å². The van der Waals surface area contributed by atoms with Crippen molar-refractivity contribution in [2.24, 2.45) is 5.73 Å². The molecule has 10 heteroatoms. The van der Waals surface area contributed by atoms with Crippen LogP contribution >= 0.6 is 12.4 Å². The molecule has 0 unspecified atom stereocenters. The quantitative estimate of drug-likeness (QED) is 0.620. The van der Waals surface area contributed by atoms with Gasteiger partial charge in [0.05, 0.1) is 25.2 Å². The van der Waals surface area contributed by atoms with Crippen molar-refractivity contribution >= 4 is 12.4 Å². The van der Waals surface area contributed by atoms with Gasteiger partial charge in [0.25, 0.3) is 0 Å². The summed E-state index contributed by atoms with van der Waals surface area (Å²) < 4.78 is 48.7. The van der Waals surface area contributed by atoms with Gasteiger partial charge in [0.1, 0.15) is 11.5 Å². The normalized spacial score (nSPS) is 11.6. The topological polar surface area (TPSA) is 81.3 Å². The van der Waals surface area contributed by atoms with Crippen LogP contribution in [0.1, 0.15) is 30.0 Å². The highest BCUT2D eigenvalue weighted by atomic mass is 35.5. The van der Waals surface area contributed by atoms with Gasteiger partial charge >= 0.3 is 6.18 Å². The van der Waals surface area contributed by atoms with E-state index in [1.54, 1.807) is 12.1 Å². The summed E-state index contributed by atoms with van der Waals surface area (Å²) in [6, 6.07) is 8.43. The molecule has 0 atom stereocenters. The van der Waals surface area contributed by atoms with Crippen LogP contribution in [0.2, 0.25) is 0 Å². The molecule has 28 heavy (non-hydrogen) atoms. The molecule has 0 spiro atoms. The molecule has 2 N–H and O–H groups in total. The van der Waals surface area contributed by atoms with Crippen LogP contribution in [-0.4, -0.2) is 21.6 Å². The highest BCUT2D eigenvalue weighted by Gasteiger charge is 2.30. The number of rotatable bonds is 7. The molecule has 0 amide bonds. The van der Waals surface area contributed by atoms with Crippen molar-refractivity contribution in [3.63, 3.8) is 0 Å². The molecule has 3 rings (SSSR count). The predicted octanol–water partition coefficient (Wildman–Crippen LogP) is 4.25. The van der Waals surface area contributed by atoms with Crippen molar-refractivity contribution < 1.29 is 22.1 Å². The first-order valence-electron chi connectivity index (χ1n) is 8.39. The molecule has 0 saturated heterocycles. The molecule has 0 radical (unpaired) electrons. The van der Waals surface area contributed by atoms with Crippen LogP contribution in [0.15, 0.2) is 45.3 Å². The van der Waals surface area contributed by atoms with Gasteiger partial charge in [-0.15, -0.1) is 12.4 Å². The maximum absolute atomic E-state index is 12.7. The number of nitrogens with zero attached hydrogens (tertiary/aromatic N) is 3. The molecule has 3 aromatic rings. The van der Waals surface area contributed by atoms with Gasteiger partial charge in [-0.2, -0.15) is 18.2 Å². The maximum Gasteiger partial charge on any atom is 0.416 e. The lowest BCUT2D eigenvalue weighted by Gasteiger charge is -2.16. The summed E-state index contributed by atoms with van der Waals surface area (Å²) in [4.78, 5) is 6.21. The van der Waals surface area contributed by atoms with E-state index in [4.69, 9.17) is 14.7 Å². The number of nitrogens with two attached hydrogens (primary N) is 1. The van der Waals surface area contributed by atoms with Crippen molar-refractivity contribution in [1.29, 1.82) is 0 Å². The summed E-state index contributed by atoms with van der Waals surface area (Å²) in [7, 11) is 0. The summed E-state index contributed by atoms with van der Waals surface area (Å²) >= 11 is 0. The van der Waals surface area contributed by atoms with Crippen molar-refractivity contribution in [2.75, 3.05) is 6.54 Å². The molecule has 0 aliphatic heterocycles. The molecule has 2 heterocycles. The SMILES string of the molecule is CCN(Cc1noc(CN)n1)Cc1ccc(-c2ccc(C(F)(F)F)cc2)o1.Cl. The van der Waals surface area contributed by atoms with Crippen LogP contribution in [0.4, 0.5) is 13.2 Å². The summed E-state index contributed by atoms with van der Waals surface area (Å²) in [6.07, 6.45) is -4.35. The van der Waals surface area contributed by atoms with Gasteiger partial charge in [-0.1, -0.05) is 24.2 Å². The third kappa shape index (κ3) is 5.34. The van der Waals surface area contributed by atoms with E-state index in [0.717, 1.165) is 18.7 Å². The lowest BCUT2D eigenvalue weighted by molar-refractivity contribution is -0.137. The van der Waals surface area contributed by atoms with Crippen molar-refractivity contribution in [1.82, 2.24) is 15.0 Å². The Labute approximate surface area is 165 Å². The number of halogens is 4. The molecule has 1 aromatic carbocycles. The first-order valence-corrected chi connectivity index (χ1v) is 8.39. The summed E-state index contributed by atoms with van der Waals surface area (Å²) in [5.41, 5.74) is 5.35. The Kier molecular flexibility index (Phi) is 7.22. The second-order valence-corrected chi connectivity index (χ2v) is 5.95. The lowest BCUT2D eigenvalue weighted by atomic mass is 10.1. The van der Waals surface area contributed by atoms with E-state index in [0.29, 0.717) is 41.9 Å². The molecule has 2 aromatic heterocycles. The molecular formula is C18H20ClF3N4O2. The van der Waals surface area contributed by atoms with Gasteiger partial charge in [-0.25, -0.2) is 0 Å². The highest BCUT2D eigenvalue weighted by Crippen LogP contribution is 2.31. The van der Waals surface area contributed by atoms with Crippen molar-refractivity contribution in [2.45, 2.75) is 32.7 Å². The zero-order valence-electron chi connectivity index (χ0n) is 15.1. The van der Waals surface area contributed by atoms with Crippen LogP contribution in [0, 0.1) is 0 Å². The number of furan rings is 1. The fourth-order valence-corrected chi connectivity index (χ4v) is 2.58. The van der Waals surface area contributed by atoms with Gasteiger partial charge in [-0.05, 0) is 30.8 Å². The first-order chi connectivity index (χ1) is 12.9. The van der Waals surface area contributed by atoms with Gasteiger partial charge < -0.3 is 14.7 Å². The Morgan fingerprint density at radius 3 is 2.36 bits per heavy atom. The monoisotopic (exact) mass is 416 g/mol. The van der Waals surface area contributed by atoms with E-state index in [1.165, 1.54) is 12.1 Å². The Morgan fingerprint density at radius 1 is 1.07 bits per heavy atom. The molecule has 0 saturated carbocycles. The molecule has 152 valence electrons. The van der Waals surface area contributed by atoms with Crippen LogP contribution in [-0.2, 0) is 25.8 Å². The van der Waals surface area contributed by atoms with Crippen LogP contribution in [0.5, 0.6) is 0 Å². The summed E-state index contributed by atoms with van der Waals surface area (Å²) in [5, 5.41) is 3.87. The Bertz CT molecular complexity index is 878. The fourth-order valence-electron chi connectivity index (χ4n) is 2.58. The summed E-state index contributed by atoms with van der Waals surface area (Å²) in [5.74, 6) is 2.12. The van der Waals surface area contributed by atoms with E-state index in [-0.39, 0.29) is 19.0 Å². The number of benzene rings is 1. The van der Waals surface area contributed by atoms with E-state index in [2.05, 4.69) is 10.1 Å². The number of hydrogen-bond donors (Lipinski definition) is 1. The maximum atomic E-state index is 12.7. The van der Waals surface area contributed by atoms with E-state index in [1.807, 2.05) is 11.8 Å². The van der Waals surface area contributed by atoms with E-state index >= 15 is 0 Å². The third-order valence-corrected chi connectivity index (χ3v) is 4.03. The van der Waals surface area contributed by atoms with Crippen molar-refractivity contribution in [3.8, 4) is 11.3 Å².